The predicted octanol–water partition coefficient (Wildman–Crippen LogP) is 3.83. The number of benzene rings is 2. The van der Waals surface area contributed by atoms with Crippen LogP contribution < -0.4 is 5.32 Å². The van der Waals surface area contributed by atoms with E-state index in [9.17, 15) is 9.18 Å². The van der Waals surface area contributed by atoms with Gasteiger partial charge in [-0.2, -0.15) is 5.10 Å². The fourth-order valence-corrected chi connectivity index (χ4v) is 2.43. The van der Waals surface area contributed by atoms with Crippen LogP contribution in [0.5, 0.6) is 0 Å². The lowest BCUT2D eigenvalue weighted by molar-refractivity contribution is 0.102. The van der Waals surface area contributed by atoms with Crippen LogP contribution in [0.25, 0.3) is 5.69 Å². The number of nitrogens with zero attached hydrogens (tertiary/aromatic N) is 2. The first kappa shape index (κ1) is 15.0. The highest BCUT2D eigenvalue weighted by molar-refractivity contribution is 6.05. The maximum absolute atomic E-state index is 12.9. The van der Waals surface area contributed by atoms with Gasteiger partial charge in [0.1, 0.15) is 5.82 Å². The van der Waals surface area contributed by atoms with Gasteiger partial charge in [-0.15, -0.1) is 0 Å². The molecule has 0 aliphatic heterocycles. The smallest absolute Gasteiger partial charge is 0.259 e. The minimum atomic E-state index is -0.339. The molecule has 5 heteroatoms. The third-order valence-corrected chi connectivity index (χ3v) is 3.55. The first-order valence-corrected chi connectivity index (χ1v) is 7.38. The molecule has 1 N–H and O–H groups in total. The minimum Gasteiger partial charge on any atom is -0.322 e. The SMILES string of the molecule is CCc1c(C(=O)Nc2ccc(F)cc2)cnn1-c1ccccc1. The van der Waals surface area contributed by atoms with Crippen molar-refractivity contribution in [2.24, 2.45) is 0 Å². The molecule has 0 saturated heterocycles. The third-order valence-electron chi connectivity index (χ3n) is 3.55. The van der Waals surface area contributed by atoms with Gasteiger partial charge in [0.15, 0.2) is 0 Å². The molecule has 23 heavy (non-hydrogen) atoms. The zero-order chi connectivity index (χ0) is 16.2. The summed E-state index contributed by atoms with van der Waals surface area (Å²) in [5.74, 6) is -0.593. The number of hydrogen-bond donors (Lipinski definition) is 1. The molecule has 4 nitrogen and oxygen atoms in total. The highest BCUT2D eigenvalue weighted by Crippen LogP contribution is 2.17. The molecule has 2 aromatic carbocycles. The summed E-state index contributed by atoms with van der Waals surface area (Å²) in [6.45, 7) is 1.98. The molecule has 0 unspecified atom stereocenters. The summed E-state index contributed by atoms with van der Waals surface area (Å²) < 4.78 is 14.7. The van der Waals surface area contributed by atoms with Crippen molar-refractivity contribution in [3.05, 3.63) is 77.9 Å². The number of rotatable bonds is 4. The van der Waals surface area contributed by atoms with Gasteiger partial charge in [0.2, 0.25) is 0 Å². The van der Waals surface area contributed by atoms with Crippen LogP contribution in [-0.4, -0.2) is 15.7 Å². The average molecular weight is 309 g/mol. The van der Waals surface area contributed by atoms with Crippen LogP contribution in [0.4, 0.5) is 10.1 Å². The number of halogens is 1. The largest absolute Gasteiger partial charge is 0.322 e. The summed E-state index contributed by atoms with van der Waals surface area (Å²) in [5, 5.41) is 7.10. The molecule has 1 amide bonds. The van der Waals surface area contributed by atoms with E-state index < -0.39 is 0 Å². The van der Waals surface area contributed by atoms with Crippen molar-refractivity contribution in [1.82, 2.24) is 9.78 Å². The molecule has 0 atom stereocenters. The second-order valence-electron chi connectivity index (χ2n) is 5.07. The molecule has 0 radical (unpaired) electrons. The van der Waals surface area contributed by atoms with E-state index in [1.54, 1.807) is 10.9 Å². The molecule has 1 heterocycles. The number of anilines is 1. The van der Waals surface area contributed by atoms with Crippen LogP contribution >= 0.6 is 0 Å². The van der Waals surface area contributed by atoms with Gasteiger partial charge in [0.05, 0.1) is 23.1 Å². The number of amides is 1. The van der Waals surface area contributed by atoms with Crippen molar-refractivity contribution in [3.8, 4) is 5.69 Å². The Morgan fingerprint density at radius 3 is 2.48 bits per heavy atom. The van der Waals surface area contributed by atoms with Gasteiger partial charge in [-0.3, -0.25) is 4.79 Å². The lowest BCUT2D eigenvalue weighted by Gasteiger charge is -2.08. The molecular weight excluding hydrogens is 293 g/mol. The van der Waals surface area contributed by atoms with E-state index in [-0.39, 0.29) is 11.7 Å². The van der Waals surface area contributed by atoms with Gasteiger partial charge >= 0.3 is 0 Å². The summed E-state index contributed by atoms with van der Waals surface area (Å²) in [6, 6.07) is 15.3. The Kier molecular flexibility index (Phi) is 4.19. The van der Waals surface area contributed by atoms with Gasteiger partial charge in [-0.25, -0.2) is 9.07 Å². The van der Waals surface area contributed by atoms with Crippen LogP contribution in [0.15, 0.2) is 60.8 Å². The standard InChI is InChI=1S/C18H16FN3O/c1-2-17-16(12-20-22(17)15-6-4-3-5-7-15)18(23)21-14-10-8-13(19)9-11-14/h3-12H,2H2,1H3,(H,21,23). The van der Waals surface area contributed by atoms with E-state index in [0.717, 1.165) is 11.4 Å². The van der Waals surface area contributed by atoms with E-state index in [4.69, 9.17) is 0 Å². The molecule has 0 aliphatic rings. The van der Waals surface area contributed by atoms with Gasteiger partial charge < -0.3 is 5.32 Å². The van der Waals surface area contributed by atoms with Gasteiger partial charge in [0, 0.05) is 5.69 Å². The first-order valence-electron chi connectivity index (χ1n) is 7.38. The van der Waals surface area contributed by atoms with E-state index >= 15 is 0 Å². The van der Waals surface area contributed by atoms with E-state index in [0.29, 0.717) is 17.7 Å². The second kappa shape index (κ2) is 6.44. The lowest BCUT2D eigenvalue weighted by Crippen LogP contribution is -2.14. The zero-order valence-corrected chi connectivity index (χ0v) is 12.7. The van der Waals surface area contributed by atoms with Crippen LogP contribution in [0.3, 0.4) is 0 Å². The number of hydrogen-bond acceptors (Lipinski definition) is 2. The fourth-order valence-electron chi connectivity index (χ4n) is 2.43. The number of nitrogens with one attached hydrogen (secondary N) is 1. The topological polar surface area (TPSA) is 46.9 Å². The van der Waals surface area contributed by atoms with Crippen molar-refractivity contribution in [2.45, 2.75) is 13.3 Å². The number of carbonyl (C=O) groups excluding carboxylic acids is 1. The van der Waals surface area contributed by atoms with Crippen molar-refractivity contribution in [1.29, 1.82) is 0 Å². The molecule has 3 aromatic rings. The summed E-state index contributed by atoms with van der Waals surface area (Å²) in [5.41, 5.74) is 2.80. The quantitative estimate of drug-likeness (QED) is 0.796. The summed E-state index contributed by atoms with van der Waals surface area (Å²) in [4.78, 5) is 12.5. The number of para-hydroxylation sites is 1. The molecule has 0 saturated carbocycles. The molecular formula is C18H16FN3O. The Labute approximate surface area is 133 Å². The maximum Gasteiger partial charge on any atom is 0.259 e. The minimum absolute atomic E-state index is 0.254. The number of aromatic nitrogens is 2. The molecule has 0 bridgehead atoms. The first-order chi connectivity index (χ1) is 11.2. The Morgan fingerprint density at radius 1 is 1.13 bits per heavy atom. The molecule has 3 rings (SSSR count). The Balaban J connectivity index is 1.89. The molecule has 0 spiro atoms. The summed E-state index contributed by atoms with van der Waals surface area (Å²) in [7, 11) is 0. The zero-order valence-electron chi connectivity index (χ0n) is 12.7. The Bertz CT molecular complexity index is 810. The van der Waals surface area contributed by atoms with Crippen LogP contribution in [0.2, 0.25) is 0 Å². The van der Waals surface area contributed by atoms with Crippen molar-refractivity contribution >= 4 is 11.6 Å². The molecule has 0 aliphatic carbocycles. The maximum atomic E-state index is 12.9. The molecule has 1 aromatic heterocycles. The summed E-state index contributed by atoms with van der Waals surface area (Å²) >= 11 is 0. The van der Waals surface area contributed by atoms with E-state index in [1.165, 1.54) is 24.3 Å². The Hall–Kier alpha value is -2.95. The normalized spacial score (nSPS) is 10.5. The number of carbonyl (C=O) groups is 1. The van der Waals surface area contributed by atoms with Crippen molar-refractivity contribution in [3.63, 3.8) is 0 Å². The highest BCUT2D eigenvalue weighted by atomic mass is 19.1. The van der Waals surface area contributed by atoms with Crippen LogP contribution in [-0.2, 0) is 6.42 Å². The lowest BCUT2D eigenvalue weighted by atomic mass is 10.2. The fraction of sp³-hybridized carbons (Fsp3) is 0.111. The van der Waals surface area contributed by atoms with Crippen molar-refractivity contribution in [2.75, 3.05) is 5.32 Å². The van der Waals surface area contributed by atoms with Crippen LogP contribution in [0.1, 0.15) is 23.0 Å². The molecule has 116 valence electrons. The monoisotopic (exact) mass is 309 g/mol. The van der Waals surface area contributed by atoms with E-state index in [2.05, 4.69) is 10.4 Å². The summed E-state index contributed by atoms with van der Waals surface area (Å²) in [6.07, 6.45) is 2.23. The predicted molar refractivity (Wildman–Crippen MR) is 87.3 cm³/mol. The van der Waals surface area contributed by atoms with Gasteiger partial charge in [-0.05, 0) is 42.8 Å². The van der Waals surface area contributed by atoms with Crippen LogP contribution in [0, 0.1) is 5.82 Å². The highest BCUT2D eigenvalue weighted by Gasteiger charge is 2.17. The van der Waals surface area contributed by atoms with Crippen molar-refractivity contribution < 1.29 is 9.18 Å². The molecule has 0 fully saturated rings. The Morgan fingerprint density at radius 2 is 1.83 bits per heavy atom. The van der Waals surface area contributed by atoms with E-state index in [1.807, 2.05) is 37.3 Å². The van der Waals surface area contributed by atoms with Gasteiger partial charge in [0.25, 0.3) is 5.91 Å². The third kappa shape index (κ3) is 3.13. The van der Waals surface area contributed by atoms with Gasteiger partial charge in [-0.1, -0.05) is 25.1 Å². The average Bonchev–Trinajstić information content (AvgIpc) is 3.02. The second-order valence-corrected chi connectivity index (χ2v) is 5.07.